The molecule has 3 rings (SSSR count). The first kappa shape index (κ1) is 14.0. The van der Waals surface area contributed by atoms with Gasteiger partial charge in [-0.2, -0.15) is 0 Å². The van der Waals surface area contributed by atoms with Crippen LogP contribution in [0.3, 0.4) is 0 Å². The monoisotopic (exact) mass is 299 g/mol. The molecule has 1 N–H and O–H groups in total. The largest absolute Gasteiger partial charge is 0.309 e. The highest BCUT2D eigenvalue weighted by Gasteiger charge is 2.14. The fraction of sp³-hybridized carbons (Fsp3) is 0.267. The molecule has 0 aliphatic heterocycles. The SMILES string of the molecule is CC(C)NCc1c(Sc2cnccn2)nc2ccccn12. The zero-order valence-corrected chi connectivity index (χ0v) is 12.8. The van der Waals surface area contributed by atoms with Crippen LogP contribution in [0.25, 0.3) is 5.65 Å². The summed E-state index contributed by atoms with van der Waals surface area (Å²) in [5.41, 5.74) is 2.10. The van der Waals surface area contributed by atoms with Crippen LogP contribution in [0.15, 0.2) is 53.0 Å². The summed E-state index contributed by atoms with van der Waals surface area (Å²) in [4.78, 5) is 13.1. The molecular formula is C15H17N5S. The molecule has 3 heterocycles. The number of nitrogens with zero attached hydrogens (tertiary/aromatic N) is 4. The molecule has 0 unspecified atom stereocenters. The maximum absolute atomic E-state index is 4.70. The van der Waals surface area contributed by atoms with Crippen LogP contribution < -0.4 is 5.32 Å². The summed E-state index contributed by atoms with van der Waals surface area (Å²) in [6.07, 6.45) is 7.17. The number of hydrogen-bond donors (Lipinski definition) is 1. The summed E-state index contributed by atoms with van der Waals surface area (Å²) >= 11 is 1.55. The highest BCUT2D eigenvalue weighted by Crippen LogP contribution is 2.28. The first-order valence-corrected chi connectivity index (χ1v) is 7.69. The van der Waals surface area contributed by atoms with Crippen LogP contribution in [0.2, 0.25) is 0 Å². The Morgan fingerprint density at radius 3 is 2.95 bits per heavy atom. The number of aromatic nitrogens is 4. The average Bonchev–Trinajstić information content (AvgIpc) is 2.83. The van der Waals surface area contributed by atoms with Gasteiger partial charge in [0.25, 0.3) is 0 Å². The molecule has 0 atom stereocenters. The van der Waals surface area contributed by atoms with E-state index in [2.05, 4.69) is 33.5 Å². The van der Waals surface area contributed by atoms with Crippen molar-refractivity contribution in [2.24, 2.45) is 0 Å². The van der Waals surface area contributed by atoms with Crippen LogP contribution in [-0.4, -0.2) is 25.4 Å². The molecule has 108 valence electrons. The molecule has 0 radical (unpaired) electrons. The predicted octanol–water partition coefficient (Wildman–Crippen LogP) is 2.77. The van der Waals surface area contributed by atoms with Gasteiger partial charge in [-0.25, -0.2) is 9.97 Å². The number of fused-ring (bicyclic) bond motifs is 1. The van der Waals surface area contributed by atoms with E-state index in [-0.39, 0.29) is 0 Å². The Bertz CT molecular complexity index is 723. The minimum atomic E-state index is 0.425. The van der Waals surface area contributed by atoms with Crippen molar-refractivity contribution in [2.75, 3.05) is 0 Å². The molecule has 0 bridgehead atoms. The highest BCUT2D eigenvalue weighted by molar-refractivity contribution is 7.99. The van der Waals surface area contributed by atoms with E-state index in [4.69, 9.17) is 4.98 Å². The second-order valence-corrected chi connectivity index (χ2v) is 5.98. The first-order chi connectivity index (χ1) is 10.2. The molecule has 3 aromatic heterocycles. The number of imidazole rings is 1. The van der Waals surface area contributed by atoms with Crippen molar-refractivity contribution in [1.29, 1.82) is 0 Å². The fourth-order valence-electron chi connectivity index (χ4n) is 2.01. The molecule has 0 aliphatic carbocycles. The van der Waals surface area contributed by atoms with Crippen molar-refractivity contribution < 1.29 is 0 Å². The molecule has 21 heavy (non-hydrogen) atoms. The standard InChI is InChI=1S/C15H17N5S/c1-11(2)18-9-12-15(21-14-10-16-6-7-17-14)19-13-5-3-4-8-20(12)13/h3-8,10-11,18H,9H2,1-2H3. The van der Waals surface area contributed by atoms with Gasteiger partial charge < -0.3 is 9.72 Å². The van der Waals surface area contributed by atoms with Gasteiger partial charge in [0.05, 0.1) is 11.9 Å². The normalized spacial score (nSPS) is 11.4. The van der Waals surface area contributed by atoms with E-state index < -0.39 is 0 Å². The number of rotatable bonds is 5. The van der Waals surface area contributed by atoms with Gasteiger partial charge in [-0.3, -0.25) is 4.98 Å². The minimum Gasteiger partial charge on any atom is -0.309 e. The van der Waals surface area contributed by atoms with E-state index in [0.29, 0.717) is 6.04 Å². The highest BCUT2D eigenvalue weighted by atomic mass is 32.2. The lowest BCUT2D eigenvalue weighted by molar-refractivity contribution is 0.574. The van der Waals surface area contributed by atoms with Crippen molar-refractivity contribution in [1.82, 2.24) is 24.7 Å². The molecular weight excluding hydrogens is 282 g/mol. The predicted molar refractivity (Wildman–Crippen MR) is 83.3 cm³/mol. The second-order valence-electron chi connectivity index (χ2n) is 4.97. The van der Waals surface area contributed by atoms with Crippen LogP contribution in [0.4, 0.5) is 0 Å². The van der Waals surface area contributed by atoms with Gasteiger partial charge in [-0.1, -0.05) is 19.9 Å². The number of hydrogen-bond acceptors (Lipinski definition) is 5. The molecule has 0 spiro atoms. The summed E-state index contributed by atoms with van der Waals surface area (Å²) in [5, 5.41) is 5.28. The second kappa shape index (κ2) is 6.24. The Kier molecular flexibility index (Phi) is 4.17. The lowest BCUT2D eigenvalue weighted by atomic mass is 10.3. The molecule has 0 aromatic carbocycles. The van der Waals surface area contributed by atoms with Gasteiger partial charge in [0, 0.05) is 31.2 Å². The molecule has 0 saturated heterocycles. The zero-order chi connectivity index (χ0) is 14.7. The Labute approximate surface area is 127 Å². The van der Waals surface area contributed by atoms with E-state index in [9.17, 15) is 0 Å². The van der Waals surface area contributed by atoms with Gasteiger partial charge in [0.1, 0.15) is 15.7 Å². The molecule has 0 aliphatic rings. The molecule has 5 nitrogen and oxygen atoms in total. The first-order valence-electron chi connectivity index (χ1n) is 6.87. The quantitative estimate of drug-likeness (QED) is 0.785. The van der Waals surface area contributed by atoms with Crippen molar-refractivity contribution >= 4 is 17.4 Å². The third kappa shape index (κ3) is 3.22. The summed E-state index contributed by atoms with van der Waals surface area (Å²) in [7, 11) is 0. The van der Waals surface area contributed by atoms with E-state index in [0.717, 1.165) is 27.9 Å². The van der Waals surface area contributed by atoms with Crippen LogP contribution in [-0.2, 0) is 6.54 Å². The van der Waals surface area contributed by atoms with Gasteiger partial charge >= 0.3 is 0 Å². The Balaban J connectivity index is 1.97. The smallest absolute Gasteiger partial charge is 0.138 e. The Hall–Kier alpha value is -1.92. The number of pyridine rings is 1. The van der Waals surface area contributed by atoms with Crippen LogP contribution in [0.1, 0.15) is 19.5 Å². The van der Waals surface area contributed by atoms with Crippen LogP contribution in [0, 0.1) is 0 Å². The van der Waals surface area contributed by atoms with E-state index in [1.165, 1.54) is 0 Å². The van der Waals surface area contributed by atoms with Gasteiger partial charge in [-0.15, -0.1) is 0 Å². The fourth-order valence-corrected chi connectivity index (χ4v) is 2.86. The van der Waals surface area contributed by atoms with Crippen LogP contribution in [0.5, 0.6) is 0 Å². The van der Waals surface area contributed by atoms with E-state index in [1.807, 2.05) is 24.4 Å². The topological polar surface area (TPSA) is 55.1 Å². The molecule has 0 fully saturated rings. The third-order valence-corrected chi connectivity index (χ3v) is 3.95. The molecule has 3 aromatic rings. The molecule has 0 amide bonds. The molecule has 0 saturated carbocycles. The zero-order valence-electron chi connectivity index (χ0n) is 12.0. The Morgan fingerprint density at radius 2 is 2.19 bits per heavy atom. The Morgan fingerprint density at radius 1 is 1.29 bits per heavy atom. The van der Waals surface area contributed by atoms with Gasteiger partial charge in [0.2, 0.25) is 0 Å². The maximum Gasteiger partial charge on any atom is 0.138 e. The van der Waals surface area contributed by atoms with Crippen molar-refractivity contribution in [2.45, 2.75) is 36.5 Å². The minimum absolute atomic E-state index is 0.425. The average molecular weight is 299 g/mol. The molecule has 6 heteroatoms. The lowest BCUT2D eigenvalue weighted by Gasteiger charge is -2.09. The van der Waals surface area contributed by atoms with Gasteiger partial charge in [-0.05, 0) is 23.9 Å². The van der Waals surface area contributed by atoms with Crippen LogP contribution >= 0.6 is 11.8 Å². The summed E-state index contributed by atoms with van der Waals surface area (Å²) < 4.78 is 2.12. The lowest BCUT2D eigenvalue weighted by Crippen LogP contribution is -2.23. The summed E-state index contributed by atoms with van der Waals surface area (Å²) in [5.74, 6) is 0. The van der Waals surface area contributed by atoms with Crippen molar-refractivity contribution in [3.63, 3.8) is 0 Å². The van der Waals surface area contributed by atoms with E-state index in [1.54, 1.807) is 30.4 Å². The summed E-state index contributed by atoms with van der Waals surface area (Å²) in [6, 6.07) is 6.46. The van der Waals surface area contributed by atoms with Crippen molar-refractivity contribution in [3.05, 3.63) is 48.7 Å². The maximum atomic E-state index is 4.70. The van der Waals surface area contributed by atoms with E-state index >= 15 is 0 Å². The number of nitrogens with one attached hydrogen (secondary N) is 1. The summed E-state index contributed by atoms with van der Waals surface area (Å²) in [6.45, 7) is 5.04. The van der Waals surface area contributed by atoms with Gasteiger partial charge in [0.15, 0.2) is 0 Å². The van der Waals surface area contributed by atoms with Crippen molar-refractivity contribution in [3.8, 4) is 0 Å². The third-order valence-electron chi connectivity index (χ3n) is 3.01.